The summed E-state index contributed by atoms with van der Waals surface area (Å²) in [5, 5.41) is 10.1. The normalized spacial score (nSPS) is 14.3. The molecule has 0 aromatic carbocycles. The minimum absolute atomic E-state index is 0. The van der Waals surface area contributed by atoms with Crippen molar-refractivity contribution in [2.24, 2.45) is 0 Å². The van der Waals surface area contributed by atoms with E-state index in [1.807, 2.05) is 6.92 Å². The van der Waals surface area contributed by atoms with E-state index in [-0.39, 0.29) is 64.2 Å². The summed E-state index contributed by atoms with van der Waals surface area (Å²) in [7, 11) is -4.64. The quantitative estimate of drug-likeness (QED) is 0.269. The van der Waals surface area contributed by atoms with E-state index < -0.39 is 15.1 Å². The van der Waals surface area contributed by atoms with E-state index in [2.05, 4.69) is 6.92 Å². The van der Waals surface area contributed by atoms with Crippen molar-refractivity contribution in [3.05, 3.63) is 0 Å². The Bertz CT molecular complexity index is 360. The number of aliphatic hydroxyl groups is 1. The molecule has 0 aliphatic rings. The van der Waals surface area contributed by atoms with Crippen LogP contribution in [0, 0.1) is 0 Å². The van der Waals surface area contributed by atoms with Crippen molar-refractivity contribution >= 4 is 10.1 Å². The molecular formula is C17H35KO4S. The third kappa shape index (κ3) is 13.4. The first-order valence-corrected chi connectivity index (χ1v) is 10.5. The molecule has 0 saturated heterocycles. The molecule has 0 saturated carbocycles. The first kappa shape index (κ1) is 26.7. The summed E-state index contributed by atoms with van der Waals surface area (Å²) in [6.45, 7) is 4.13. The summed E-state index contributed by atoms with van der Waals surface area (Å²) >= 11 is 0. The second kappa shape index (κ2) is 15.7. The molecule has 1 N–H and O–H groups in total. The molecule has 4 nitrogen and oxygen atoms in total. The van der Waals surface area contributed by atoms with Crippen LogP contribution < -0.4 is 51.4 Å². The van der Waals surface area contributed by atoms with Crippen LogP contribution in [0.2, 0.25) is 0 Å². The van der Waals surface area contributed by atoms with E-state index >= 15 is 0 Å². The molecule has 6 heteroatoms. The van der Waals surface area contributed by atoms with Gasteiger partial charge in [0, 0.05) is 0 Å². The first-order chi connectivity index (χ1) is 10.4. The van der Waals surface area contributed by atoms with Crippen LogP contribution >= 0.6 is 0 Å². The van der Waals surface area contributed by atoms with Gasteiger partial charge in [0.1, 0.15) is 10.1 Å². The van der Waals surface area contributed by atoms with Crippen LogP contribution in [0.1, 0.15) is 104 Å². The smallest absolute Gasteiger partial charge is 0.746 e. The van der Waals surface area contributed by atoms with Crippen LogP contribution in [0.3, 0.4) is 0 Å². The number of rotatable bonds is 15. The molecule has 0 fully saturated rings. The summed E-state index contributed by atoms with van der Waals surface area (Å²) in [4.78, 5) is -2.05. The third-order valence-electron chi connectivity index (χ3n) is 4.31. The fourth-order valence-corrected chi connectivity index (χ4v) is 3.51. The summed E-state index contributed by atoms with van der Waals surface area (Å²) in [6, 6.07) is 0. The molecule has 0 bridgehead atoms. The maximum Gasteiger partial charge on any atom is 1.00 e. The van der Waals surface area contributed by atoms with Gasteiger partial charge in [-0.15, -0.1) is 0 Å². The molecule has 0 aromatic rings. The van der Waals surface area contributed by atoms with Crippen molar-refractivity contribution in [2.75, 3.05) is 0 Å². The number of hydrogen-bond acceptors (Lipinski definition) is 4. The van der Waals surface area contributed by atoms with Gasteiger partial charge >= 0.3 is 51.4 Å². The van der Waals surface area contributed by atoms with Crippen molar-refractivity contribution < 1.29 is 69.5 Å². The molecule has 0 radical (unpaired) electrons. The van der Waals surface area contributed by atoms with Gasteiger partial charge in [-0.3, -0.25) is 0 Å². The zero-order valence-corrected chi connectivity index (χ0v) is 19.4. The molecule has 0 aliphatic heterocycles. The average molecular weight is 375 g/mol. The summed E-state index contributed by atoms with van der Waals surface area (Å²) in [5.41, 5.74) is 0. The molecule has 0 heterocycles. The van der Waals surface area contributed by atoms with Crippen molar-refractivity contribution in [2.45, 2.75) is 109 Å². The van der Waals surface area contributed by atoms with E-state index in [0.29, 0.717) is 12.8 Å². The van der Waals surface area contributed by atoms with E-state index in [4.69, 9.17) is 0 Å². The fraction of sp³-hybridized carbons (Fsp3) is 1.00. The van der Waals surface area contributed by atoms with E-state index in [1.54, 1.807) is 0 Å². The Hall–Kier alpha value is 1.51. The first-order valence-electron chi connectivity index (χ1n) is 9.05. The van der Waals surface area contributed by atoms with Gasteiger partial charge in [0.2, 0.25) is 0 Å². The zero-order valence-electron chi connectivity index (χ0n) is 15.5. The SMILES string of the molecule is CCCCCCCCCCCCC(O)(CCCC)S(=O)(=O)[O-].[K+]. The Morgan fingerprint density at radius 3 is 1.48 bits per heavy atom. The maximum absolute atomic E-state index is 11.2. The standard InChI is InChI=1S/C17H36O4S.K/c1-3-5-7-8-9-10-11-12-13-14-16-17(18,15-6-4-2)22(19,20)21;/h18H,3-16H2,1-2H3,(H,19,20,21);/q;+1/p-1. The maximum atomic E-state index is 11.2. The van der Waals surface area contributed by atoms with Crippen molar-refractivity contribution in [3.8, 4) is 0 Å². The van der Waals surface area contributed by atoms with Gasteiger partial charge in [-0.25, -0.2) is 8.42 Å². The van der Waals surface area contributed by atoms with Crippen LogP contribution in [0.25, 0.3) is 0 Å². The zero-order chi connectivity index (χ0) is 16.9. The second-order valence-electron chi connectivity index (χ2n) is 6.44. The Balaban J connectivity index is 0. The molecule has 1 unspecified atom stereocenters. The Morgan fingerprint density at radius 2 is 1.09 bits per heavy atom. The van der Waals surface area contributed by atoms with Gasteiger partial charge in [-0.1, -0.05) is 78.1 Å². The molecule has 23 heavy (non-hydrogen) atoms. The molecule has 0 aromatic heterocycles. The van der Waals surface area contributed by atoms with Crippen LogP contribution in [-0.4, -0.2) is 23.0 Å². The molecular weight excluding hydrogens is 339 g/mol. The summed E-state index contributed by atoms with van der Waals surface area (Å²) < 4.78 is 33.7. The van der Waals surface area contributed by atoms with Crippen molar-refractivity contribution in [1.82, 2.24) is 0 Å². The van der Waals surface area contributed by atoms with Gasteiger partial charge in [-0.2, -0.15) is 0 Å². The Labute approximate surface area is 186 Å². The molecule has 1 atom stereocenters. The van der Waals surface area contributed by atoms with Gasteiger partial charge in [0.25, 0.3) is 0 Å². The monoisotopic (exact) mass is 374 g/mol. The predicted octanol–water partition coefficient (Wildman–Crippen LogP) is 1.73. The molecule has 134 valence electrons. The van der Waals surface area contributed by atoms with Gasteiger partial charge in [-0.05, 0) is 25.7 Å². The van der Waals surface area contributed by atoms with E-state index in [1.165, 1.54) is 38.5 Å². The van der Waals surface area contributed by atoms with Crippen LogP contribution in [0.4, 0.5) is 0 Å². The minimum atomic E-state index is -4.64. The Morgan fingerprint density at radius 1 is 0.739 bits per heavy atom. The fourth-order valence-electron chi connectivity index (χ4n) is 2.72. The topological polar surface area (TPSA) is 77.4 Å². The molecule has 0 amide bonds. The van der Waals surface area contributed by atoms with E-state index in [9.17, 15) is 18.1 Å². The van der Waals surface area contributed by atoms with Crippen molar-refractivity contribution in [1.29, 1.82) is 0 Å². The largest absolute Gasteiger partial charge is 1.00 e. The van der Waals surface area contributed by atoms with Crippen LogP contribution in [-0.2, 0) is 10.1 Å². The number of hydrogen-bond donors (Lipinski definition) is 1. The summed E-state index contributed by atoms with van der Waals surface area (Å²) in [5.74, 6) is 0. The predicted molar refractivity (Wildman–Crippen MR) is 90.6 cm³/mol. The second-order valence-corrected chi connectivity index (χ2v) is 8.10. The van der Waals surface area contributed by atoms with Gasteiger partial charge in [0.15, 0.2) is 4.93 Å². The molecule has 0 aliphatic carbocycles. The van der Waals surface area contributed by atoms with Gasteiger partial charge in [0.05, 0.1) is 0 Å². The van der Waals surface area contributed by atoms with Crippen LogP contribution in [0.5, 0.6) is 0 Å². The molecule has 0 rings (SSSR count). The summed E-state index contributed by atoms with van der Waals surface area (Å²) in [6.07, 6.45) is 12.9. The van der Waals surface area contributed by atoms with Crippen LogP contribution in [0.15, 0.2) is 0 Å². The Kier molecular flexibility index (Phi) is 18.3. The minimum Gasteiger partial charge on any atom is -0.746 e. The van der Waals surface area contributed by atoms with Gasteiger partial charge < -0.3 is 9.66 Å². The molecule has 0 spiro atoms. The number of unbranched alkanes of at least 4 members (excludes halogenated alkanes) is 10. The van der Waals surface area contributed by atoms with E-state index in [0.717, 1.165) is 25.7 Å². The third-order valence-corrected chi connectivity index (χ3v) is 5.65. The van der Waals surface area contributed by atoms with Crippen molar-refractivity contribution in [3.63, 3.8) is 0 Å². The average Bonchev–Trinajstić information content (AvgIpc) is 2.46.